The lowest BCUT2D eigenvalue weighted by Crippen LogP contribution is -2.01. The Kier molecular flexibility index (Phi) is 2.72. The zero-order valence-corrected chi connectivity index (χ0v) is 9.07. The Morgan fingerprint density at radius 2 is 2.20 bits per heavy atom. The SMILES string of the molecule is Cc1cccc(NCc2ccn(C)n2)c1. The highest BCUT2D eigenvalue weighted by Gasteiger charge is 1.96. The second-order valence-corrected chi connectivity index (χ2v) is 3.70. The largest absolute Gasteiger partial charge is 0.379 e. The van der Waals surface area contributed by atoms with Gasteiger partial charge in [0.2, 0.25) is 0 Å². The fourth-order valence-corrected chi connectivity index (χ4v) is 1.51. The van der Waals surface area contributed by atoms with E-state index in [9.17, 15) is 0 Å². The molecule has 0 spiro atoms. The molecule has 1 heterocycles. The molecule has 15 heavy (non-hydrogen) atoms. The fourth-order valence-electron chi connectivity index (χ4n) is 1.51. The smallest absolute Gasteiger partial charge is 0.0815 e. The van der Waals surface area contributed by atoms with Crippen LogP contribution in [-0.4, -0.2) is 9.78 Å². The summed E-state index contributed by atoms with van der Waals surface area (Å²) in [7, 11) is 1.93. The molecule has 1 N–H and O–H groups in total. The Morgan fingerprint density at radius 1 is 1.33 bits per heavy atom. The maximum atomic E-state index is 4.30. The van der Waals surface area contributed by atoms with Gasteiger partial charge in [0.1, 0.15) is 0 Å². The molecule has 0 amide bonds. The first-order chi connectivity index (χ1) is 7.24. The minimum Gasteiger partial charge on any atom is -0.379 e. The highest BCUT2D eigenvalue weighted by atomic mass is 15.3. The fraction of sp³-hybridized carbons (Fsp3) is 0.250. The topological polar surface area (TPSA) is 29.9 Å². The van der Waals surface area contributed by atoms with Gasteiger partial charge in [-0.2, -0.15) is 5.10 Å². The Bertz CT molecular complexity index is 446. The van der Waals surface area contributed by atoms with Crippen molar-refractivity contribution in [2.75, 3.05) is 5.32 Å². The molecule has 2 aromatic rings. The minimum atomic E-state index is 0.768. The first-order valence-electron chi connectivity index (χ1n) is 5.03. The van der Waals surface area contributed by atoms with E-state index in [4.69, 9.17) is 0 Å². The third-order valence-corrected chi connectivity index (χ3v) is 2.26. The van der Waals surface area contributed by atoms with Crippen molar-refractivity contribution in [2.24, 2.45) is 7.05 Å². The first-order valence-corrected chi connectivity index (χ1v) is 5.03. The zero-order chi connectivity index (χ0) is 10.7. The summed E-state index contributed by atoms with van der Waals surface area (Å²) in [6.07, 6.45) is 1.95. The number of aryl methyl sites for hydroxylation is 2. The number of nitrogens with one attached hydrogen (secondary N) is 1. The van der Waals surface area contributed by atoms with Crippen molar-refractivity contribution in [1.29, 1.82) is 0 Å². The van der Waals surface area contributed by atoms with E-state index in [1.54, 1.807) is 0 Å². The van der Waals surface area contributed by atoms with Crippen LogP contribution >= 0.6 is 0 Å². The van der Waals surface area contributed by atoms with Gasteiger partial charge in [0, 0.05) is 18.9 Å². The van der Waals surface area contributed by atoms with Crippen molar-refractivity contribution < 1.29 is 0 Å². The van der Waals surface area contributed by atoms with Gasteiger partial charge in [-0.3, -0.25) is 4.68 Å². The summed E-state index contributed by atoms with van der Waals surface area (Å²) in [5.74, 6) is 0. The number of rotatable bonds is 3. The minimum absolute atomic E-state index is 0.768. The normalized spacial score (nSPS) is 10.3. The molecule has 1 aromatic heterocycles. The molecule has 3 heteroatoms. The van der Waals surface area contributed by atoms with E-state index >= 15 is 0 Å². The lowest BCUT2D eigenvalue weighted by molar-refractivity contribution is 0.747. The summed E-state index contributed by atoms with van der Waals surface area (Å²) in [6.45, 7) is 2.86. The number of nitrogens with zero attached hydrogens (tertiary/aromatic N) is 2. The third kappa shape index (κ3) is 2.59. The van der Waals surface area contributed by atoms with Crippen LogP contribution in [0, 0.1) is 6.92 Å². The Balaban J connectivity index is 1.99. The van der Waals surface area contributed by atoms with Crippen LogP contribution in [0.4, 0.5) is 5.69 Å². The third-order valence-electron chi connectivity index (χ3n) is 2.26. The molecule has 2 rings (SSSR count). The lowest BCUT2D eigenvalue weighted by Gasteiger charge is -2.04. The molecule has 0 saturated carbocycles. The average Bonchev–Trinajstić information content (AvgIpc) is 2.62. The molecule has 0 fully saturated rings. The predicted octanol–water partition coefficient (Wildman–Crippen LogP) is 2.34. The van der Waals surface area contributed by atoms with Gasteiger partial charge >= 0.3 is 0 Å². The monoisotopic (exact) mass is 201 g/mol. The van der Waals surface area contributed by atoms with Crippen molar-refractivity contribution in [1.82, 2.24) is 9.78 Å². The molecular weight excluding hydrogens is 186 g/mol. The molecule has 0 aliphatic rings. The molecular formula is C12H15N3. The molecule has 1 aromatic carbocycles. The molecule has 0 aliphatic carbocycles. The van der Waals surface area contributed by atoms with Gasteiger partial charge in [-0.25, -0.2) is 0 Å². The van der Waals surface area contributed by atoms with E-state index in [0.29, 0.717) is 0 Å². The van der Waals surface area contributed by atoms with Crippen LogP contribution in [0.2, 0.25) is 0 Å². The summed E-state index contributed by atoms with van der Waals surface area (Å²) >= 11 is 0. The van der Waals surface area contributed by atoms with E-state index in [0.717, 1.165) is 17.9 Å². The number of hydrogen-bond acceptors (Lipinski definition) is 2. The number of benzene rings is 1. The molecule has 0 radical (unpaired) electrons. The Hall–Kier alpha value is -1.77. The van der Waals surface area contributed by atoms with Gasteiger partial charge in [0.15, 0.2) is 0 Å². The van der Waals surface area contributed by atoms with Crippen molar-refractivity contribution in [3.8, 4) is 0 Å². The van der Waals surface area contributed by atoms with Crippen LogP contribution < -0.4 is 5.32 Å². The zero-order valence-electron chi connectivity index (χ0n) is 9.07. The van der Waals surface area contributed by atoms with Crippen molar-refractivity contribution in [2.45, 2.75) is 13.5 Å². The number of hydrogen-bond donors (Lipinski definition) is 1. The Labute approximate surface area is 89.7 Å². The molecule has 0 saturated heterocycles. The highest BCUT2D eigenvalue weighted by Crippen LogP contribution is 2.10. The maximum absolute atomic E-state index is 4.30. The molecule has 0 atom stereocenters. The standard InChI is InChI=1S/C12H15N3/c1-10-4-3-5-11(8-10)13-9-12-6-7-15(2)14-12/h3-8,13H,9H2,1-2H3. The van der Waals surface area contributed by atoms with Gasteiger partial charge in [-0.05, 0) is 30.7 Å². The van der Waals surface area contributed by atoms with E-state index in [1.165, 1.54) is 5.56 Å². The predicted molar refractivity (Wildman–Crippen MR) is 61.7 cm³/mol. The summed E-state index contributed by atoms with van der Waals surface area (Å²) in [5.41, 5.74) is 3.46. The highest BCUT2D eigenvalue weighted by molar-refractivity contribution is 5.45. The van der Waals surface area contributed by atoms with Crippen LogP contribution in [0.3, 0.4) is 0 Å². The van der Waals surface area contributed by atoms with Gasteiger partial charge in [0.05, 0.1) is 12.2 Å². The van der Waals surface area contributed by atoms with Gasteiger partial charge in [-0.15, -0.1) is 0 Å². The van der Waals surface area contributed by atoms with Gasteiger partial charge in [-0.1, -0.05) is 12.1 Å². The summed E-state index contributed by atoms with van der Waals surface area (Å²) < 4.78 is 1.81. The molecule has 0 unspecified atom stereocenters. The van der Waals surface area contributed by atoms with Crippen molar-refractivity contribution in [3.05, 3.63) is 47.8 Å². The van der Waals surface area contributed by atoms with Crippen molar-refractivity contribution >= 4 is 5.69 Å². The molecule has 78 valence electrons. The van der Waals surface area contributed by atoms with E-state index in [1.807, 2.05) is 24.0 Å². The molecule has 0 bridgehead atoms. The second kappa shape index (κ2) is 4.17. The van der Waals surface area contributed by atoms with Crippen LogP contribution in [0.1, 0.15) is 11.3 Å². The van der Waals surface area contributed by atoms with E-state index < -0.39 is 0 Å². The van der Waals surface area contributed by atoms with Crippen molar-refractivity contribution in [3.63, 3.8) is 0 Å². The summed E-state index contributed by atoms with van der Waals surface area (Å²) in [6, 6.07) is 10.4. The van der Waals surface area contributed by atoms with Crippen LogP contribution in [0.15, 0.2) is 36.5 Å². The van der Waals surface area contributed by atoms with E-state index in [2.05, 4.69) is 41.6 Å². The van der Waals surface area contributed by atoms with Crippen LogP contribution in [0.5, 0.6) is 0 Å². The lowest BCUT2D eigenvalue weighted by atomic mass is 10.2. The number of anilines is 1. The van der Waals surface area contributed by atoms with Crippen LogP contribution in [-0.2, 0) is 13.6 Å². The Morgan fingerprint density at radius 3 is 2.87 bits per heavy atom. The quantitative estimate of drug-likeness (QED) is 0.826. The van der Waals surface area contributed by atoms with E-state index in [-0.39, 0.29) is 0 Å². The molecule has 0 aliphatic heterocycles. The van der Waals surface area contributed by atoms with Gasteiger partial charge in [0.25, 0.3) is 0 Å². The molecule has 3 nitrogen and oxygen atoms in total. The average molecular weight is 201 g/mol. The van der Waals surface area contributed by atoms with Crippen LogP contribution in [0.25, 0.3) is 0 Å². The second-order valence-electron chi connectivity index (χ2n) is 3.70. The first kappa shape index (κ1) is 9.77. The van der Waals surface area contributed by atoms with Gasteiger partial charge < -0.3 is 5.32 Å². The summed E-state index contributed by atoms with van der Waals surface area (Å²) in [4.78, 5) is 0. The number of aromatic nitrogens is 2. The summed E-state index contributed by atoms with van der Waals surface area (Å²) in [5, 5.41) is 7.64. The maximum Gasteiger partial charge on any atom is 0.0815 e.